The second-order valence-corrected chi connectivity index (χ2v) is 6.66. The molecule has 1 aliphatic heterocycles. The fourth-order valence-electron chi connectivity index (χ4n) is 2.36. The fraction of sp³-hybridized carbons (Fsp3) is 0.214. The molecule has 5 nitrogen and oxygen atoms in total. The monoisotopic (exact) mass is 316 g/mol. The molecule has 0 unspecified atom stereocenters. The molecular weight excluding hydrogens is 304 g/mol. The molecule has 0 bridgehead atoms. The number of fused-ring (bicyclic) bond motifs is 3. The zero-order chi connectivity index (χ0) is 14.1. The Bertz CT molecular complexity index is 795. The van der Waals surface area contributed by atoms with E-state index in [-0.39, 0.29) is 0 Å². The SMILES string of the molecule is C(=NNc1ncnc2sc3c(c12)CCOC3)c1cccs1. The van der Waals surface area contributed by atoms with Gasteiger partial charge in [0.1, 0.15) is 11.2 Å². The molecule has 0 radical (unpaired) electrons. The molecule has 1 N–H and O–H groups in total. The maximum Gasteiger partial charge on any atom is 0.158 e. The van der Waals surface area contributed by atoms with Crippen LogP contribution in [0.4, 0.5) is 5.82 Å². The van der Waals surface area contributed by atoms with Gasteiger partial charge in [-0.25, -0.2) is 9.97 Å². The van der Waals surface area contributed by atoms with Gasteiger partial charge in [0.15, 0.2) is 5.82 Å². The van der Waals surface area contributed by atoms with Gasteiger partial charge in [-0.15, -0.1) is 22.7 Å². The molecule has 0 fully saturated rings. The largest absolute Gasteiger partial charge is 0.376 e. The zero-order valence-electron chi connectivity index (χ0n) is 11.1. The molecule has 7 heteroatoms. The third-order valence-electron chi connectivity index (χ3n) is 3.31. The molecule has 0 aliphatic carbocycles. The summed E-state index contributed by atoms with van der Waals surface area (Å²) in [4.78, 5) is 12.1. The van der Waals surface area contributed by atoms with E-state index < -0.39 is 0 Å². The first kappa shape index (κ1) is 12.9. The van der Waals surface area contributed by atoms with Gasteiger partial charge in [-0.1, -0.05) is 6.07 Å². The van der Waals surface area contributed by atoms with E-state index in [9.17, 15) is 0 Å². The molecule has 1 aliphatic rings. The minimum absolute atomic E-state index is 0.675. The molecule has 4 rings (SSSR count). The van der Waals surface area contributed by atoms with Crippen LogP contribution in [0.1, 0.15) is 15.3 Å². The molecule has 106 valence electrons. The van der Waals surface area contributed by atoms with Crippen molar-refractivity contribution in [3.05, 3.63) is 39.2 Å². The van der Waals surface area contributed by atoms with Crippen molar-refractivity contribution < 1.29 is 4.74 Å². The van der Waals surface area contributed by atoms with Crippen molar-refractivity contribution in [3.8, 4) is 0 Å². The van der Waals surface area contributed by atoms with Crippen LogP contribution in [0.25, 0.3) is 10.2 Å². The van der Waals surface area contributed by atoms with Gasteiger partial charge in [0.2, 0.25) is 0 Å². The van der Waals surface area contributed by atoms with Crippen LogP contribution in [0.15, 0.2) is 28.9 Å². The lowest BCUT2D eigenvalue weighted by molar-refractivity contribution is 0.114. The van der Waals surface area contributed by atoms with E-state index in [1.165, 1.54) is 10.4 Å². The van der Waals surface area contributed by atoms with Gasteiger partial charge in [0.25, 0.3) is 0 Å². The number of nitrogens with zero attached hydrogens (tertiary/aromatic N) is 3. The molecular formula is C14H12N4OS2. The highest BCUT2D eigenvalue weighted by atomic mass is 32.1. The van der Waals surface area contributed by atoms with Crippen LogP contribution < -0.4 is 5.43 Å². The van der Waals surface area contributed by atoms with Crippen LogP contribution in [0.3, 0.4) is 0 Å². The summed E-state index contributed by atoms with van der Waals surface area (Å²) in [5, 5.41) is 7.40. The second kappa shape index (κ2) is 5.51. The van der Waals surface area contributed by atoms with Crippen LogP contribution in [-0.2, 0) is 17.8 Å². The predicted molar refractivity (Wildman–Crippen MR) is 86.3 cm³/mol. The Balaban J connectivity index is 1.69. The summed E-state index contributed by atoms with van der Waals surface area (Å²) in [5.74, 6) is 0.771. The van der Waals surface area contributed by atoms with Crippen LogP contribution in [0, 0.1) is 0 Å². The van der Waals surface area contributed by atoms with Crippen molar-refractivity contribution in [2.45, 2.75) is 13.0 Å². The van der Waals surface area contributed by atoms with E-state index >= 15 is 0 Å². The van der Waals surface area contributed by atoms with Crippen LogP contribution >= 0.6 is 22.7 Å². The Morgan fingerprint density at radius 2 is 2.38 bits per heavy atom. The molecule has 3 aromatic rings. The van der Waals surface area contributed by atoms with Crippen molar-refractivity contribution in [1.29, 1.82) is 0 Å². The fourth-order valence-corrected chi connectivity index (χ4v) is 4.07. The van der Waals surface area contributed by atoms with Gasteiger partial charge >= 0.3 is 0 Å². The van der Waals surface area contributed by atoms with Crippen LogP contribution in [0.2, 0.25) is 0 Å². The number of thiophene rings is 2. The topological polar surface area (TPSA) is 59.4 Å². The number of nitrogens with one attached hydrogen (secondary N) is 1. The average molecular weight is 316 g/mol. The maximum atomic E-state index is 5.51. The average Bonchev–Trinajstić information content (AvgIpc) is 3.14. The molecule has 0 saturated heterocycles. The lowest BCUT2D eigenvalue weighted by Gasteiger charge is -2.12. The Morgan fingerprint density at radius 3 is 3.29 bits per heavy atom. The van der Waals surface area contributed by atoms with Gasteiger partial charge in [0.05, 0.1) is 24.8 Å². The number of hydrogen-bond donors (Lipinski definition) is 1. The summed E-state index contributed by atoms with van der Waals surface area (Å²) in [6, 6.07) is 4.03. The van der Waals surface area contributed by atoms with Gasteiger partial charge in [-0.2, -0.15) is 5.10 Å². The first-order chi connectivity index (χ1) is 10.4. The minimum Gasteiger partial charge on any atom is -0.376 e. The van der Waals surface area contributed by atoms with Gasteiger partial charge in [0, 0.05) is 9.75 Å². The molecule has 0 amide bonds. The molecule has 0 atom stereocenters. The van der Waals surface area contributed by atoms with Crippen molar-refractivity contribution in [3.63, 3.8) is 0 Å². The number of ether oxygens (including phenoxy) is 1. The third kappa shape index (κ3) is 2.44. The summed E-state index contributed by atoms with van der Waals surface area (Å²) in [6.45, 7) is 1.43. The minimum atomic E-state index is 0.675. The molecule has 0 spiro atoms. The molecule has 3 aromatic heterocycles. The smallest absolute Gasteiger partial charge is 0.158 e. The second-order valence-electron chi connectivity index (χ2n) is 4.59. The standard InChI is InChI=1S/C14H12N4OS2/c1-2-9(20-5-1)6-17-18-13-12-10-3-4-19-7-11(10)21-14(12)16-8-15-13/h1-2,5-6,8H,3-4,7H2,(H,15,16,18). The highest BCUT2D eigenvalue weighted by molar-refractivity contribution is 7.18. The Hall–Kier alpha value is -1.83. The van der Waals surface area contributed by atoms with Crippen molar-refractivity contribution in [1.82, 2.24) is 9.97 Å². The summed E-state index contributed by atoms with van der Waals surface area (Å²) >= 11 is 3.33. The van der Waals surface area contributed by atoms with E-state index in [0.29, 0.717) is 6.61 Å². The highest BCUT2D eigenvalue weighted by Gasteiger charge is 2.19. The highest BCUT2D eigenvalue weighted by Crippen LogP contribution is 2.36. The molecule has 0 aromatic carbocycles. The lowest BCUT2D eigenvalue weighted by atomic mass is 10.1. The van der Waals surface area contributed by atoms with E-state index in [1.54, 1.807) is 35.2 Å². The lowest BCUT2D eigenvalue weighted by Crippen LogP contribution is -2.07. The van der Waals surface area contributed by atoms with E-state index in [1.807, 2.05) is 17.5 Å². The number of aromatic nitrogens is 2. The third-order valence-corrected chi connectivity index (χ3v) is 5.23. The summed E-state index contributed by atoms with van der Waals surface area (Å²) in [5.41, 5.74) is 4.35. The first-order valence-electron chi connectivity index (χ1n) is 6.57. The Labute approximate surface area is 129 Å². The maximum absolute atomic E-state index is 5.51. The summed E-state index contributed by atoms with van der Waals surface area (Å²) in [7, 11) is 0. The van der Waals surface area contributed by atoms with Crippen LogP contribution in [-0.4, -0.2) is 22.8 Å². The number of rotatable bonds is 3. The Kier molecular flexibility index (Phi) is 3.38. The van der Waals surface area contributed by atoms with Crippen molar-refractivity contribution in [2.24, 2.45) is 5.10 Å². The molecule has 21 heavy (non-hydrogen) atoms. The normalized spacial score (nSPS) is 14.7. The molecule has 0 saturated carbocycles. The Morgan fingerprint density at radius 1 is 1.38 bits per heavy atom. The van der Waals surface area contributed by atoms with Gasteiger partial charge in [-0.05, 0) is 23.4 Å². The number of hydrazone groups is 1. The number of anilines is 1. The first-order valence-corrected chi connectivity index (χ1v) is 8.27. The summed E-state index contributed by atoms with van der Waals surface area (Å²) in [6.07, 6.45) is 4.29. The van der Waals surface area contributed by atoms with Crippen LogP contribution in [0.5, 0.6) is 0 Å². The van der Waals surface area contributed by atoms with Gasteiger partial charge < -0.3 is 4.74 Å². The van der Waals surface area contributed by atoms with E-state index in [4.69, 9.17) is 4.74 Å². The molecule has 4 heterocycles. The quantitative estimate of drug-likeness (QED) is 0.595. The van der Waals surface area contributed by atoms with E-state index in [2.05, 4.69) is 20.5 Å². The summed E-state index contributed by atoms with van der Waals surface area (Å²) < 4.78 is 5.51. The predicted octanol–water partition coefficient (Wildman–Crippen LogP) is 3.27. The van der Waals surface area contributed by atoms with Crippen molar-refractivity contribution >= 4 is 44.9 Å². The number of hydrogen-bond acceptors (Lipinski definition) is 7. The van der Waals surface area contributed by atoms with E-state index in [0.717, 1.165) is 33.9 Å². The zero-order valence-corrected chi connectivity index (χ0v) is 12.7. The van der Waals surface area contributed by atoms with Gasteiger partial charge in [-0.3, -0.25) is 5.43 Å². The van der Waals surface area contributed by atoms with Crippen molar-refractivity contribution in [2.75, 3.05) is 12.0 Å².